The van der Waals surface area contributed by atoms with Crippen molar-refractivity contribution in [3.05, 3.63) is 28.3 Å². The van der Waals surface area contributed by atoms with E-state index in [0.29, 0.717) is 0 Å². The Balaban J connectivity index is 0. The molecule has 1 aromatic rings. The summed E-state index contributed by atoms with van der Waals surface area (Å²) in [6, 6.07) is 0.917. The van der Waals surface area contributed by atoms with Crippen molar-refractivity contribution in [3.63, 3.8) is 0 Å². The summed E-state index contributed by atoms with van der Waals surface area (Å²) in [5, 5.41) is 21.7. The van der Waals surface area contributed by atoms with Crippen molar-refractivity contribution in [2.75, 3.05) is 0 Å². The van der Waals surface area contributed by atoms with Gasteiger partial charge >= 0.3 is 103 Å². The average molecular weight is 350 g/mol. The summed E-state index contributed by atoms with van der Waals surface area (Å²) in [6.45, 7) is 2.66. The van der Waals surface area contributed by atoms with Gasteiger partial charge in [0.2, 0.25) is 0 Å². The van der Waals surface area contributed by atoms with Crippen LogP contribution >= 0.6 is 0 Å². The minimum atomic E-state index is -5.04. The molecule has 98 valence electrons. The second-order valence-electron chi connectivity index (χ2n) is 3.62. The summed E-state index contributed by atoms with van der Waals surface area (Å²) in [5.74, 6) is -3.81. The van der Waals surface area contributed by atoms with Gasteiger partial charge in [-0.1, -0.05) is 0 Å². The number of carboxylic acids is 2. The summed E-state index contributed by atoms with van der Waals surface area (Å²) < 4.78 is 31.2. The van der Waals surface area contributed by atoms with Crippen LogP contribution < -0.4 is 113 Å². The second-order valence-corrected chi connectivity index (χ2v) is 4.98. The van der Waals surface area contributed by atoms with E-state index in [4.69, 9.17) is 4.55 Å². The first-order chi connectivity index (χ1) is 8.07. The van der Waals surface area contributed by atoms with Crippen LogP contribution in [-0.2, 0) is 10.1 Å². The number of hydrogen-bond donors (Lipinski definition) is 1. The molecule has 0 aliphatic heterocycles. The van der Waals surface area contributed by atoms with Crippen LogP contribution in [0.3, 0.4) is 0 Å². The van der Waals surface area contributed by atoms with Crippen LogP contribution in [0.4, 0.5) is 0 Å². The predicted molar refractivity (Wildman–Crippen MR) is 54.4 cm³/mol. The molecular formula is C10H8K2O7S. The molecule has 0 unspecified atom stereocenters. The van der Waals surface area contributed by atoms with E-state index in [0.717, 1.165) is 6.07 Å². The Labute approximate surface area is 200 Å². The molecule has 0 aliphatic rings. The average Bonchev–Trinajstić information content (AvgIpc) is 2.18. The molecule has 0 saturated heterocycles. The van der Waals surface area contributed by atoms with Gasteiger partial charge in [0.25, 0.3) is 10.1 Å². The fourth-order valence-corrected chi connectivity index (χ4v) is 2.47. The standard InChI is InChI=1S/C10H10O7S.2K/c1-4-3-6(9(11)12)8(18(15,16)17)7(5(4)2)10(13)14;;/h3H,1-2H3,(H,11,12)(H,13,14)(H,15,16,17);;/q;2*+1/p-2. The fourth-order valence-electron chi connectivity index (χ4n) is 1.56. The van der Waals surface area contributed by atoms with Gasteiger partial charge in [0, 0.05) is 11.1 Å². The van der Waals surface area contributed by atoms with E-state index in [1.54, 1.807) is 0 Å². The Morgan fingerprint density at radius 2 is 1.55 bits per heavy atom. The normalized spacial score (nSPS) is 10.2. The first-order valence-electron chi connectivity index (χ1n) is 4.61. The van der Waals surface area contributed by atoms with Gasteiger partial charge in [-0.15, -0.1) is 0 Å². The zero-order valence-corrected chi connectivity index (χ0v) is 18.4. The molecule has 1 rings (SSSR count). The number of benzene rings is 1. The minimum absolute atomic E-state index is 0. The molecular weight excluding hydrogens is 342 g/mol. The number of hydrogen-bond acceptors (Lipinski definition) is 6. The van der Waals surface area contributed by atoms with Gasteiger partial charge < -0.3 is 19.8 Å². The summed E-state index contributed by atoms with van der Waals surface area (Å²) in [6.07, 6.45) is 0. The van der Waals surface area contributed by atoms with E-state index in [1.165, 1.54) is 13.8 Å². The Bertz CT molecular complexity index is 652. The molecule has 0 bridgehead atoms. The van der Waals surface area contributed by atoms with Crippen LogP contribution in [0, 0.1) is 13.8 Å². The molecule has 7 nitrogen and oxygen atoms in total. The third kappa shape index (κ3) is 5.21. The largest absolute Gasteiger partial charge is 1.00 e. The molecule has 0 fully saturated rings. The predicted octanol–water partition coefficient (Wildman–Crippen LogP) is -7.71. The molecule has 0 saturated carbocycles. The van der Waals surface area contributed by atoms with E-state index < -0.39 is 38.1 Å². The van der Waals surface area contributed by atoms with Crippen molar-refractivity contribution in [3.8, 4) is 0 Å². The van der Waals surface area contributed by atoms with Crippen molar-refractivity contribution in [2.24, 2.45) is 0 Å². The van der Waals surface area contributed by atoms with E-state index >= 15 is 0 Å². The van der Waals surface area contributed by atoms with E-state index in [1.807, 2.05) is 0 Å². The van der Waals surface area contributed by atoms with Gasteiger partial charge in [0.15, 0.2) is 0 Å². The van der Waals surface area contributed by atoms with E-state index in [-0.39, 0.29) is 114 Å². The number of aryl methyl sites for hydroxylation is 1. The molecule has 1 aromatic carbocycles. The molecule has 0 aromatic heterocycles. The third-order valence-corrected chi connectivity index (χ3v) is 3.42. The van der Waals surface area contributed by atoms with E-state index in [9.17, 15) is 28.2 Å². The summed E-state index contributed by atoms with van der Waals surface area (Å²) in [4.78, 5) is 20.5. The van der Waals surface area contributed by atoms with Gasteiger partial charge in [-0.25, -0.2) is 0 Å². The van der Waals surface area contributed by atoms with Gasteiger partial charge in [0.1, 0.15) is 4.90 Å². The monoisotopic (exact) mass is 350 g/mol. The van der Waals surface area contributed by atoms with Crippen LogP contribution in [0.1, 0.15) is 31.8 Å². The zero-order chi connectivity index (χ0) is 14.2. The van der Waals surface area contributed by atoms with Crippen LogP contribution in [0.5, 0.6) is 0 Å². The SMILES string of the molecule is Cc1cc(C(=O)[O-])c(S(=O)(=O)O)c(C(=O)[O-])c1C.[K+].[K+]. The quantitative estimate of drug-likeness (QED) is 0.422. The van der Waals surface area contributed by atoms with Gasteiger partial charge in [-0.2, -0.15) is 8.42 Å². The van der Waals surface area contributed by atoms with Crippen molar-refractivity contribution >= 4 is 22.1 Å². The summed E-state index contributed by atoms with van der Waals surface area (Å²) in [5.41, 5.74) is -1.58. The van der Waals surface area contributed by atoms with Gasteiger partial charge in [0.05, 0.1) is 11.9 Å². The third-order valence-electron chi connectivity index (χ3n) is 2.48. The second kappa shape index (κ2) is 8.84. The van der Waals surface area contributed by atoms with Crippen LogP contribution in [0.2, 0.25) is 0 Å². The molecule has 1 N–H and O–H groups in total. The topological polar surface area (TPSA) is 135 Å². The maximum atomic E-state index is 11.1. The first kappa shape index (κ1) is 23.6. The Morgan fingerprint density at radius 1 is 1.10 bits per heavy atom. The number of rotatable bonds is 3. The zero-order valence-electron chi connectivity index (χ0n) is 11.4. The van der Waals surface area contributed by atoms with Crippen molar-refractivity contribution in [2.45, 2.75) is 18.7 Å². The maximum Gasteiger partial charge on any atom is 1.00 e. The molecule has 0 amide bonds. The van der Waals surface area contributed by atoms with Crippen molar-refractivity contribution < 1.29 is 136 Å². The smallest absolute Gasteiger partial charge is 0.545 e. The Morgan fingerprint density at radius 3 is 1.85 bits per heavy atom. The fraction of sp³-hybridized carbons (Fsp3) is 0.200. The Hall–Kier alpha value is 1.34. The summed E-state index contributed by atoms with van der Waals surface area (Å²) in [7, 11) is -5.04. The number of carbonyl (C=O) groups is 2. The maximum absolute atomic E-state index is 11.1. The summed E-state index contributed by atoms with van der Waals surface area (Å²) >= 11 is 0. The number of carboxylic acid groups (broad SMARTS) is 2. The van der Waals surface area contributed by atoms with Crippen molar-refractivity contribution in [1.29, 1.82) is 0 Å². The molecule has 20 heavy (non-hydrogen) atoms. The van der Waals surface area contributed by atoms with Crippen LogP contribution in [0.25, 0.3) is 0 Å². The molecule has 0 spiro atoms. The molecule has 0 aliphatic carbocycles. The molecule has 10 heteroatoms. The molecule has 0 heterocycles. The van der Waals surface area contributed by atoms with Crippen LogP contribution in [0.15, 0.2) is 11.0 Å². The van der Waals surface area contributed by atoms with E-state index in [2.05, 4.69) is 0 Å². The van der Waals surface area contributed by atoms with Gasteiger partial charge in [-0.3, -0.25) is 4.55 Å². The van der Waals surface area contributed by atoms with Crippen molar-refractivity contribution in [1.82, 2.24) is 0 Å². The van der Waals surface area contributed by atoms with Crippen LogP contribution in [-0.4, -0.2) is 24.9 Å². The molecule has 0 radical (unpaired) electrons. The minimum Gasteiger partial charge on any atom is -0.545 e. The molecule has 0 atom stereocenters. The van der Waals surface area contributed by atoms with Gasteiger partial charge in [-0.05, 0) is 31.0 Å². The number of aromatic carboxylic acids is 2. The number of carbonyl (C=O) groups excluding carboxylic acids is 2. The Kier molecular flexibility index (Phi) is 10.4. The first-order valence-corrected chi connectivity index (χ1v) is 6.05.